The largest absolute Gasteiger partial charge is 0.439 e. The normalized spacial score (nSPS) is 10.4. The van der Waals surface area contributed by atoms with Crippen LogP contribution < -0.4 is 5.76 Å². The van der Waals surface area contributed by atoms with Crippen molar-refractivity contribution >= 4 is 31.9 Å². The van der Waals surface area contributed by atoms with Gasteiger partial charge in [0.05, 0.1) is 0 Å². The summed E-state index contributed by atoms with van der Waals surface area (Å²) in [6.45, 7) is 0. The van der Waals surface area contributed by atoms with Crippen LogP contribution >= 0.6 is 31.9 Å². The summed E-state index contributed by atoms with van der Waals surface area (Å²) in [5.74, 6) is -0.300. The maximum absolute atomic E-state index is 10.7. The van der Waals surface area contributed by atoms with Crippen molar-refractivity contribution in [3.63, 3.8) is 0 Å². The smallest absolute Gasteiger partial charge is 0.296 e. The Morgan fingerprint density at radius 3 is 2.79 bits per heavy atom. The van der Waals surface area contributed by atoms with Gasteiger partial charge in [-0.3, -0.25) is 14.5 Å². The molecule has 0 radical (unpaired) electrons. The summed E-state index contributed by atoms with van der Waals surface area (Å²) in [7, 11) is 0. The lowest BCUT2D eigenvalue weighted by Crippen LogP contribution is -1.96. The van der Waals surface area contributed by atoms with Gasteiger partial charge in [-0.15, -0.1) is 0 Å². The van der Waals surface area contributed by atoms with E-state index in [0.29, 0.717) is 11.5 Å². The zero-order valence-corrected chi connectivity index (χ0v) is 9.79. The molecule has 0 aliphatic rings. The summed E-state index contributed by atoms with van der Waals surface area (Å²) < 4.78 is 5.92. The maximum Gasteiger partial charge on any atom is 0.439 e. The second-order valence-corrected chi connectivity index (χ2v) is 4.20. The predicted octanol–water partition coefficient (Wildman–Crippen LogP) is 1.95. The highest BCUT2D eigenvalue weighted by molar-refractivity contribution is 9.11. The van der Waals surface area contributed by atoms with Crippen molar-refractivity contribution in [1.82, 2.24) is 15.1 Å². The summed E-state index contributed by atoms with van der Waals surface area (Å²) in [5, 5.41) is 3.53. The molecule has 0 aliphatic heterocycles. The molecule has 14 heavy (non-hydrogen) atoms. The van der Waals surface area contributed by atoms with E-state index in [1.807, 2.05) is 0 Å². The van der Waals surface area contributed by atoms with Gasteiger partial charge in [0.15, 0.2) is 0 Å². The molecular formula is C7H3Br2N3O2. The van der Waals surface area contributed by atoms with Crippen LogP contribution in [0.5, 0.6) is 0 Å². The van der Waals surface area contributed by atoms with E-state index in [-0.39, 0.29) is 0 Å². The zero-order chi connectivity index (χ0) is 10.1. The van der Waals surface area contributed by atoms with Gasteiger partial charge >= 0.3 is 5.76 Å². The van der Waals surface area contributed by atoms with Gasteiger partial charge in [-0.25, -0.2) is 4.79 Å². The lowest BCUT2D eigenvalue weighted by atomic mass is 10.3. The van der Waals surface area contributed by atoms with Gasteiger partial charge in [0, 0.05) is 15.1 Å². The minimum Gasteiger partial charge on any atom is -0.296 e. The van der Waals surface area contributed by atoms with Gasteiger partial charge in [-0.05, 0) is 37.9 Å². The van der Waals surface area contributed by atoms with E-state index in [4.69, 9.17) is 0 Å². The zero-order valence-electron chi connectivity index (χ0n) is 6.62. The van der Waals surface area contributed by atoms with E-state index in [0.717, 1.165) is 8.95 Å². The molecule has 1 N–H and O–H groups in total. The van der Waals surface area contributed by atoms with Crippen LogP contribution in [0.2, 0.25) is 0 Å². The Balaban J connectivity index is 2.57. The molecule has 0 saturated carbocycles. The topological polar surface area (TPSA) is 71.8 Å². The summed E-state index contributed by atoms with van der Waals surface area (Å²) >= 11 is 6.56. The van der Waals surface area contributed by atoms with E-state index in [2.05, 4.69) is 51.5 Å². The highest BCUT2D eigenvalue weighted by atomic mass is 79.9. The van der Waals surface area contributed by atoms with E-state index in [9.17, 15) is 4.79 Å². The first kappa shape index (κ1) is 9.60. The van der Waals surface area contributed by atoms with Gasteiger partial charge < -0.3 is 0 Å². The Bertz CT molecular complexity index is 520. The number of hydrogen-bond donors (Lipinski definition) is 1. The number of nitrogens with zero attached hydrogens (tertiary/aromatic N) is 2. The molecule has 2 aromatic rings. The molecule has 0 aromatic carbocycles. The van der Waals surface area contributed by atoms with Crippen molar-refractivity contribution in [2.75, 3.05) is 0 Å². The van der Waals surface area contributed by atoms with Crippen molar-refractivity contribution in [3.05, 3.63) is 31.8 Å². The van der Waals surface area contributed by atoms with Crippen molar-refractivity contribution < 1.29 is 4.52 Å². The lowest BCUT2D eigenvalue weighted by molar-refractivity contribution is 0.387. The molecule has 2 heterocycles. The molecule has 0 atom stereocenters. The summed E-state index contributed by atoms with van der Waals surface area (Å²) in [5.41, 5.74) is 0.527. The number of halogens is 2. The molecule has 5 nitrogen and oxygen atoms in total. The summed E-state index contributed by atoms with van der Waals surface area (Å²) in [6, 6.07) is 1.80. The molecule has 2 aromatic heterocycles. The van der Waals surface area contributed by atoms with Crippen LogP contribution in [0.1, 0.15) is 0 Å². The Labute approximate surface area is 94.8 Å². The number of aromatic amines is 1. The molecule has 7 heteroatoms. The molecular weight excluding hydrogens is 318 g/mol. The van der Waals surface area contributed by atoms with Gasteiger partial charge in [0.2, 0.25) is 5.82 Å². The highest BCUT2D eigenvalue weighted by Crippen LogP contribution is 2.25. The van der Waals surface area contributed by atoms with Gasteiger partial charge in [0.25, 0.3) is 0 Å². The van der Waals surface area contributed by atoms with Gasteiger partial charge in [-0.2, -0.15) is 0 Å². The third kappa shape index (κ3) is 1.78. The first-order valence-electron chi connectivity index (χ1n) is 3.54. The molecule has 0 unspecified atom stereocenters. The Hall–Kier alpha value is -0.950. The molecule has 0 amide bonds. The molecule has 72 valence electrons. The van der Waals surface area contributed by atoms with Crippen LogP contribution in [-0.4, -0.2) is 15.1 Å². The number of aromatic nitrogens is 3. The number of rotatable bonds is 1. The monoisotopic (exact) mass is 319 g/mol. The average Bonchev–Trinajstić information content (AvgIpc) is 2.51. The second-order valence-electron chi connectivity index (χ2n) is 2.43. The van der Waals surface area contributed by atoms with Gasteiger partial charge in [-0.1, -0.05) is 5.16 Å². The Morgan fingerprint density at radius 2 is 2.21 bits per heavy atom. The minimum atomic E-state index is -0.600. The molecule has 0 spiro atoms. The quantitative estimate of drug-likeness (QED) is 0.871. The van der Waals surface area contributed by atoms with Crippen LogP contribution in [0.15, 0.2) is 30.5 Å². The van der Waals surface area contributed by atoms with Crippen LogP contribution in [0.3, 0.4) is 0 Å². The molecule has 0 fully saturated rings. The molecule has 2 rings (SSSR count). The van der Waals surface area contributed by atoms with E-state index in [1.165, 1.54) is 0 Å². The predicted molar refractivity (Wildman–Crippen MR) is 55.8 cm³/mol. The minimum absolute atomic E-state index is 0.300. The summed E-state index contributed by atoms with van der Waals surface area (Å²) in [6.07, 6.45) is 1.60. The lowest BCUT2D eigenvalue weighted by Gasteiger charge is -1.97. The number of pyridine rings is 1. The molecule has 0 saturated heterocycles. The number of hydrogen-bond acceptors (Lipinski definition) is 4. The molecule has 0 bridgehead atoms. The van der Waals surface area contributed by atoms with Crippen molar-refractivity contribution in [2.24, 2.45) is 0 Å². The van der Waals surface area contributed by atoms with Crippen LogP contribution in [0.4, 0.5) is 0 Å². The first-order chi connectivity index (χ1) is 6.66. The van der Waals surface area contributed by atoms with Gasteiger partial charge in [0.1, 0.15) is 5.69 Å². The van der Waals surface area contributed by atoms with Crippen LogP contribution in [0.25, 0.3) is 11.5 Å². The van der Waals surface area contributed by atoms with Crippen molar-refractivity contribution in [3.8, 4) is 11.5 Å². The Kier molecular flexibility index (Phi) is 2.51. The van der Waals surface area contributed by atoms with Crippen molar-refractivity contribution in [1.29, 1.82) is 0 Å². The average molecular weight is 321 g/mol. The van der Waals surface area contributed by atoms with E-state index in [1.54, 1.807) is 12.3 Å². The highest BCUT2D eigenvalue weighted by Gasteiger charge is 2.09. The maximum atomic E-state index is 10.7. The van der Waals surface area contributed by atoms with E-state index < -0.39 is 5.76 Å². The SMILES string of the molecule is O=c1[nH]c(-c2ncc(Br)cc2Br)no1. The standard InChI is InChI=1S/C7H3Br2N3O2/c8-3-1-4(9)5(10-2-3)6-11-7(13)14-12-6/h1-2H,(H,11,12,13). The number of H-pyrrole nitrogens is 1. The fourth-order valence-corrected chi connectivity index (χ4v) is 2.10. The van der Waals surface area contributed by atoms with E-state index >= 15 is 0 Å². The third-order valence-electron chi connectivity index (χ3n) is 1.47. The fraction of sp³-hybridized carbons (Fsp3) is 0. The fourth-order valence-electron chi connectivity index (χ4n) is 0.921. The Morgan fingerprint density at radius 1 is 1.43 bits per heavy atom. The first-order valence-corrected chi connectivity index (χ1v) is 5.13. The van der Waals surface area contributed by atoms with Crippen molar-refractivity contribution in [2.45, 2.75) is 0 Å². The third-order valence-corrected chi connectivity index (χ3v) is 2.51. The second kappa shape index (κ2) is 3.66. The number of nitrogens with one attached hydrogen (secondary N) is 1. The van der Waals surface area contributed by atoms with Crippen LogP contribution in [-0.2, 0) is 0 Å². The van der Waals surface area contributed by atoms with Crippen LogP contribution in [0, 0.1) is 0 Å². The molecule has 0 aliphatic carbocycles. The summed E-state index contributed by atoms with van der Waals surface area (Å²) in [4.78, 5) is 17.2.